The second-order valence-electron chi connectivity index (χ2n) is 6.73. The van der Waals surface area contributed by atoms with Crippen molar-refractivity contribution in [3.63, 3.8) is 0 Å². The summed E-state index contributed by atoms with van der Waals surface area (Å²) >= 11 is 1.62. The normalized spacial score (nSPS) is 19.3. The summed E-state index contributed by atoms with van der Waals surface area (Å²) in [4.78, 5) is 28.8. The number of nitrogens with two attached hydrogens (primary N) is 1. The summed E-state index contributed by atoms with van der Waals surface area (Å²) in [5, 5.41) is 0. The van der Waals surface area contributed by atoms with Gasteiger partial charge in [-0.25, -0.2) is 0 Å². The maximum absolute atomic E-state index is 12.5. The summed E-state index contributed by atoms with van der Waals surface area (Å²) in [7, 11) is 0. The lowest BCUT2D eigenvalue weighted by molar-refractivity contribution is -0.130. The Hall–Kier alpha value is -1.69. The summed E-state index contributed by atoms with van der Waals surface area (Å²) in [6.45, 7) is 5.14. The van der Waals surface area contributed by atoms with Gasteiger partial charge in [0.1, 0.15) is 0 Å². The third-order valence-corrected chi connectivity index (χ3v) is 5.82. The van der Waals surface area contributed by atoms with E-state index >= 15 is 0 Å². The minimum atomic E-state index is -0.0520. The lowest BCUT2D eigenvalue weighted by atomic mass is 9.95. The van der Waals surface area contributed by atoms with Crippen LogP contribution in [0.15, 0.2) is 36.4 Å². The predicted octanol–water partition coefficient (Wildman–Crippen LogP) is 3.70. The molecule has 0 bridgehead atoms. The van der Waals surface area contributed by atoms with E-state index in [1.54, 1.807) is 16.2 Å². The number of rotatable bonds is 5. The van der Waals surface area contributed by atoms with Gasteiger partial charge in [-0.1, -0.05) is 30.3 Å². The molecule has 4 nitrogen and oxygen atoms in total. The Bertz CT molecular complexity index is 775. The molecule has 0 radical (unpaired) electrons. The Labute approximate surface area is 164 Å². The quantitative estimate of drug-likeness (QED) is 0.789. The van der Waals surface area contributed by atoms with Gasteiger partial charge in [-0.15, -0.1) is 23.7 Å². The molecule has 1 fully saturated rings. The number of benzene rings is 1. The fourth-order valence-corrected chi connectivity index (χ4v) is 4.45. The van der Waals surface area contributed by atoms with Gasteiger partial charge >= 0.3 is 0 Å². The average molecular weight is 393 g/mol. The molecule has 2 atom stereocenters. The van der Waals surface area contributed by atoms with Crippen molar-refractivity contribution in [3.8, 4) is 0 Å². The van der Waals surface area contributed by atoms with Gasteiger partial charge in [-0.2, -0.15) is 0 Å². The molecule has 26 heavy (non-hydrogen) atoms. The third kappa shape index (κ3) is 4.53. The maximum Gasteiger partial charge on any atom is 0.223 e. The topological polar surface area (TPSA) is 63.4 Å². The number of hydrogen-bond donors (Lipinski definition) is 1. The first-order valence-corrected chi connectivity index (χ1v) is 9.46. The van der Waals surface area contributed by atoms with Crippen molar-refractivity contribution in [3.05, 3.63) is 57.3 Å². The number of carbonyl (C=O) groups is 2. The zero-order valence-electron chi connectivity index (χ0n) is 15.1. The van der Waals surface area contributed by atoms with E-state index in [1.807, 2.05) is 38.1 Å². The van der Waals surface area contributed by atoms with E-state index in [4.69, 9.17) is 5.73 Å². The van der Waals surface area contributed by atoms with Gasteiger partial charge < -0.3 is 10.6 Å². The molecule has 1 aromatic carbocycles. The molecule has 6 heteroatoms. The van der Waals surface area contributed by atoms with Crippen molar-refractivity contribution in [2.45, 2.75) is 38.6 Å². The van der Waals surface area contributed by atoms with E-state index in [-0.39, 0.29) is 48.9 Å². The van der Waals surface area contributed by atoms with Crippen molar-refractivity contribution in [2.24, 2.45) is 5.73 Å². The van der Waals surface area contributed by atoms with Crippen molar-refractivity contribution in [2.75, 3.05) is 13.1 Å². The first-order valence-electron chi connectivity index (χ1n) is 8.64. The number of thiophene rings is 1. The largest absolute Gasteiger partial charge is 0.340 e. The average Bonchev–Trinajstić information content (AvgIpc) is 3.15. The number of likely N-dealkylation sites (tertiary alicyclic amines) is 1. The second kappa shape index (κ2) is 8.80. The van der Waals surface area contributed by atoms with Crippen LogP contribution in [-0.4, -0.2) is 35.7 Å². The molecule has 0 aliphatic carbocycles. The van der Waals surface area contributed by atoms with Crippen LogP contribution < -0.4 is 5.73 Å². The molecule has 1 aliphatic rings. The van der Waals surface area contributed by atoms with Crippen LogP contribution in [0.1, 0.15) is 44.4 Å². The predicted molar refractivity (Wildman–Crippen MR) is 108 cm³/mol. The fraction of sp³-hybridized carbons (Fsp3) is 0.400. The Morgan fingerprint density at radius 3 is 2.46 bits per heavy atom. The van der Waals surface area contributed by atoms with Crippen LogP contribution in [0.25, 0.3) is 0 Å². The smallest absolute Gasteiger partial charge is 0.223 e. The molecule has 3 rings (SSSR count). The van der Waals surface area contributed by atoms with Crippen LogP contribution in [0.4, 0.5) is 0 Å². The number of amides is 1. The fourth-order valence-electron chi connectivity index (χ4n) is 3.51. The first-order chi connectivity index (χ1) is 12.0. The highest BCUT2D eigenvalue weighted by molar-refractivity contribution is 7.12. The van der Waals surface area contributed by atoms with Crippen molar-refractivity contribution < 1.29 is 9.59 Å². The number of nitrogens with zero attached hydrogens (tertiary/aromatic N) is 1. The zero-order chi connectivity index (χ0) is 18.0. The van der Waals surface area contributed by atoms with Crippen LogP contribution >= 0.6 is 23.7 Å². The monoisotopic (exact) mass is 392 g/mol. The van der Waals surface area contributed by atoms with Crippen LogP contribution in [0, 0.1) is 13.8 Å². The van der Waals surface area contributed by atoms with Gasteiger partial charge in [-0.05, 0) is 25.5 Å². The molecule has 1 aromatic heterocycles. The van der Waals surface area contributed by atoms with E-state index in [0.717, 1.165) is 15.3 Å². The van der Waals surface area contributed by atoms with Gasteiger partial charge in [0, 0.05) is 53.2 Å². The molecular formula is C20H25ClN2O2S. The number of hydrogen-bond acceptors (Lipinski definition) is 4. The van der Waals surface area contributed by atoms with Crippen molar-refractivity contribution in [1.29, 1.82) is 0 Å². The molecular weight excluding hydrogens is 368 g/mol. The Morgan fingerprint density at radius 1 is 1.15 bits per heavy atom. The van der Waals surface area contributed by atoms with E-state index in [2.05, 4.69) is 12.1 Å². The summed E-state index contributed by atoms with van der Waals surface area (Å²) in [5.74, 6) is 0.243. The maximum atomic E-state index is 12.5. The summed E-state index contributed by atoms with van der Waals surface area (Å²) in [6, 6.07) is 12.0. The van der Waals surface area contributed by atoms with Gasteiger partial charge in [0.2, 0.25) is 5.91 Å². The molecule has 2 aromatic rings. The molecule has 2 heterocycles. The van der Waals surface area contributed by atoms with Gasteiger partial charge in [0.25, 0.3) is 0 Å². The lowest BCUT2D eigenvalue weighted by Crippen LogP contribution is -2.32. The highest BCUT2D eigenvalue weighted by Gasteiger charge is 2.33. The Balaban J connectivity index is 0.00000243. The van der Waals surface area contributed by atoms with E-state index in [1.165, 1.54) is 5.56 Å². The van der Waals surface area contributed by atoms with E-state index in [0.29, 0.717) is 13.1 Å². The number of ketones is 1. The minimum Gasteiger partial charge on any atom is -0.340 e. The summed E-state index contributed by atoms with van der Waals surface area (Å²) in [6.07, 6.45) is 0.513. The van der Waals surface area contributed by atoms with Crippen LogP contribution in [-0.2, 0) is 4.79 Å². The van der Waals surface area contributed by atoms with Gasteiger partial charge in [-0.3, -0.25) is 9.59 Å². The van der Waals surface area contributed by atoms with Gasteiger partial charge in [0.15, 0.2) is 5.78 Å². The number of carbonyl (C=O) groups excluding carboxylic acids is 2. The summed E-state index contributed by atoms with van der Waals surface area (Å²) < 4.78 is 0. The van der Waals surface area contributed by atoms with E-state index in [9.17, 15) is 9.59 Å². The number of aryl methyl sites for hydroxylation is 2. The Morgan fingerprint density at radius 2 is 1.85 bits per heavy atom. The molecule has 0 unspecified atom stereocenters. The van der Waals surface area contributed by atoms with Crippen LogP contribution in [0.3, 0.4) is 0 Å². The SMILES string of the molecule is Cc1cc(C(=O)CCC(=O)N2C[C@@H](N)[C@H](c3ccccc3)C2)c(C)s1.Cl. The standard InChI is InChI=1S/C20H24N2O2S.ClH/c1-13-10-16(14(2)25-13)19(23)8-9-20(24)22-11-17(18(21)12-22)15-6-4-3-5-7-15;/h3-7,10,17-18H,8-9,11-12,21H2,1-2H3;1H/t17-,18+;/m0./s1. The molecule has 140 valence electrons. The second-order valence-corrected chi connectivity index (χ2v) is 8.19. The van der Waals surface area contributed by atoms with Crippen molar-refractivity contribution in [1.82, 2.24) is 4.90 Å². The molecule has 1 amide bonds. The van der Waals surface area contributed by atoms with Crippen LogP contribution in [0.5, 0.6) is 0 Å². The molecule has 1 aliphatic heterocycles. The first kappa shape index (κ1) is 20.6. The highest BCUT2D eigenvalue weighted by atomic mass is 35.5. The lowest BCUT2D eigenvalue weighted by Gasteiger charge is -2.16. The number of halogens is 1. The van der Waals surface area contributed by atoms with E-state index < -0.39 is 0 Å². The third-order valence-electron chi connectivity index (χ3n) is 4.85. The minimum absolute atomic E-state index is 0. The summed E-state index contributed by atoms with van der Waals surface area (Å²) in [5.41, 5.74) is 8.18. The van der Waals surface area contributed by atoms with Gasteiger partial charge in [0.05, 0.1) is 0 Å². The van der Waals surface area contributed by atoms with Crippen molar-refractivity contribution >= 4 is 35.4 Å². The molecule has 0 saturated carbocycles. The molecule has 0 spiro atoms. The van der Waals surface area contributed by atoms with Crippen LogP contribution in [0.2, 0.25) is 0 Å². The number of Topliss-reactive ketones (excluding diaryl/α,β-unsaturated/α-hetero) is 1. The molecule has 1 saturated heterocycles. The Kier molecular flexibility index (Phi) is 6.98. The highest BCUT2D eigenvalue weighted by Crippen LogP contribution is 2.27. The zero-order valence-corrected chi connectivity index (χ0v) is 16.7. The molecule has 2 N–H and O–H groups in total.